The summed E-state index contributed by atoms with van der Waals surface area (Å²) in [5.74, 6) is 0.859. The molecule has 2 N–H and O–H groups in total. The van der Waals surface area contributed by atoms with Crippen LogP contribution in [0.15, 0.2) is 28.7 Å². The molecule has 1 amide bonds. The van der Waals surface area contributed by atoms with Gasteiger partial charge in [0.2, 0.25) is 5.91 Å². The van der Waals surface area contributed by atoms with Crippen molar-refractivity contribution >= 4 is 21.8 Å². The summed E-state index contributed by atoms with van der Waals surface area (Å²) in [6.07, 6.45) is 2.62. The maximum absolute atomic E-state index is 11.8. The SMILES string of the molecule is C[C@H](NC(=O)CNCC1CC1)c1ccccc1Br. The van der Waals surface area contributed by atoms with Gasteiger partial charge >= 0.3 is 0 Å². The summed E-state index contributed by atoms with van der Waals surface area (Å²) in [7, 11) is 0. The number of rotatable bonds is 6. The first-order chi connectivity index (χ1) is 8.66. The van der Waals surface area contributed by atoms with Gasteiger partial charge in [0.15, 0.2) is 0 Å². The number of carbonyl (C=O) groups is 1. The maximum atomic E-state index is 11.8. The van der Waals surface area contributed by atoms with Crippen LogP contribution in [0.25, 0.3) is 0 Å². The van der Waals surface area contributed by atoms with E-state index in [1.54, 1.807) is 0 Å². The third-order valence-corrected chi connectivity index (χ3v) is 3.89. The zero-order chi connectivity index (χ0) is 13.0. The van der Waals surface area contributed by atoms with Crippen LogP contribution in [-0.2, 0) is 4.79 Å². The van der Waals surface area contributed by atoms with Crippen LogP contribution in [0.5, 0.6) is 0 Å². The minimum atomic E-state index is 0.0239. The minimum absolute atomic E-state index is 0.0239. The number of carbonyl (C=O) groups excluding carboxylic acids is 1. The third-order valence-electron chi connectivity index (χ3n) is 3.16. The second kappa shape index (κ2) is 6.34. The molecule has 1 saturated carbocycles. The molecule has 3 nitrogen and oxygen atoms in total. The Hall–Kier alpha value is -0.870. The first-order valence-electron chi connectivity index (χ1n) is 6.41. The molecule has 98 valence electrons. The van der Waals surface area contributed by atoms with E-state index in [9.17, 15) is 4.79 Å². The fourth-order valence-electron chi connectivity index (χ4n) is 1.91. The molecule has 0 radical (unpaired) electrons. The quantitative estimate of drug-likeness (QED) is 0.848. The Kier molecular flexibility index (Phi) is 4.78. The first kappa shape index (κ1) is 13.6. The van der Waals surface area contributed by atoms with Gasteiger partial charge in [-0.25, -0.2) is 0 Å². The van der Waals surface area contributed by atoms with Crippen LogP contribution in [-0.4, -0.2) is 19.0 Å². The van der Waals surface area contributed by atoms with Crippen LogP contribution < -0.4 is 10.6 Å². The number of nitrogens with one attached hydrogen (secondary N) is 2. The molecule has 2 rings (SSSR count). The van der Waals surface area contributed by atoms with Crippen LogP contribution in [0.4, 0.5) is 0 Å². The highest BCUT2D eigenvalue weighted by Gasteiger charge is 2.20. The molecule has 0 bridgehead atoms. The number of hydrogen-bond donors (Lipinski definition) is 2. The predicted octanol–water partition coefficient (Wildman–Crippen LogP) is 2.63. The first-order valence-corrected chi connectivity index (χ1v) is 7.20. The summed E-state index contributed by atoms with van der Waals surface area (Å²) >= 11 is 3.50. The highest BCUT2D eigenvalue weighted by atomic mass is 79.9. The normalized spacial score (nSPS) is 16.3. The number of hydrogen-bond acceptors (Lipinski definition) is 2. The molecule has 0 unspecified atom stereocenters. The van der Waals surface area contributed by atoms with E-state index in [-0.39, 0.29) is 11.9 Å². The molecule has 4 heteroatoms. The van der Waals surface area contributed by atoms with Crippen molar-refractivity contribution < 1.29 is 4.79 Å². The van der Waals surface area contributed by atoms with Crippen molar-refractivity contribution in [3.8, 4) is 0 Å². The molecular formula is C14H19BrN2O. The highest BCUT2D eigenvalue weighted by molar-refractivity contribution is 9.10. The van der Waals surface area contributed by atoms with Gasteiger partial charge < -0.3 is 10.6 Å². The lowest BCUT2D eigenvalue weighted by molar-refractivity contribution is -0.120. The zero-order valence-electron chi connectivity index (χ0n) is 10.6. The van der Waals surface area contributed by atoms with E-state index in [4.69, 9.17) is 0 Å². The van der Waals surface area contributed by atoms with Crippen molar-refractivity contribution in [2.24, 2.45) is 5.92 Å². The molecule has 1 aromatic rings. The molecule has 0 saturated heterocycles. The second-order valence-electron chi connectivity index (χ2n) is 4.88. The fraction of sp³-hybridized carbons (Fsp3) is 0.500. The van der Waals surface area contributed by atoms with Crippen LogP contribution >= 0.6 is 15.9 Å². The molecule has 1 aliphatic rings. The second-order valence-corrected chi connectivity index (χ2v) is 5.74. The number of halogens is 1. The smallest absolute Gasteiger partial charge is 0.234 e. The molecule has 0 spiro atoms. The van der Waals surface area contributed by atoms with Crippen LogP contribution in [0.3, 0.4) is 0 Å². The van der Waals surface area contributed by atoms with E-state index in [0.717, 1.165) is 22.5 Å². The van der Waals surface area contributed by atoms with E-state index in [1.807, 2.05) is 31.2 Å². The molecule has 1 aliphatic carbocycles. The lowest BCUT2D eigenvalue weighted by Crippen LogP contribution is -2.36. The van der Waals surface area contributed by atoms with Gasteiger partial charge in [0.05, 0.1) is 12.6 Å². The fourth-order valence-corrected chi connectivity index (χ4v) is 2.54. The molecule has 18 heavy (non-hydrogen) atoms. The summed E-state index contributed by atoms with van der Waals surface area (Å²) in [5.41, 5.74) is 1.10. The average Bonchev–Trinajstić information content (AvgIpc) is 3.13. The van der Waals surface area contributed by atoms with Gasteiger partial charge in [0.1, 0.15) is 0 Å². The lowest BCUT2D eigenvalue weighted by Gasteiger charge is -2.16. The molecule has 1 fully saturated rings. The van der Waals surface area contributed by atoms with Crippen LogP contribution in [0.1, 0.15) is 31.4 Å². The van der Waals surface area contributed by atoms with Crippen molar-refractivity contribution in [1.29, 1.82) is 0 Å². The van der Waals surface area contributed by atoms with Crippen LogP contribution in [0.2, 0.25) is 0 Å². The molecule has 0 heterocycles. The average molecular weight is 311 g/mol. The predicted molar refractivity (Wildman–Crippen MR) is 76.3 cm³/mol. The molecule has 0 aliphatic heterocycles. The van der Waals surface area contributed by atoms with E-state index in [0.29, 0.717) is 6.54 Å². The Morgan fingerprint density at radius 1 is 1.44 bits per heavy atom. The van der Waals surface area contributed by atoms with Gasteiger partial charge in [-0.2, -0.15) is 0 Å². The van der Waals surface area contributed by atoms with Crippen molar-refractivity contribution in [2.45, 2.75) is 25.8 Å². The van der Waals surface area contributed by atoms with Gasteiger partial charge in [-0.15, -0.1) is 0 Å². The van der Waals surface area contributed by atoms with Crippen molar-refractivity contribution in [3.63, 3.8) is 0 Å². The Morgan fingerprint density at radius 3 is 2.83 bits per heavy atom. The lowest BCUT2D eigenvalue weighted by atomic mass is 10.1. The Balaban J connectivity index is 1.77. The monoisotopic (exact) mass is 310 g/mol. The maximum Gasteiger partial charge on any atom is 0.234 e. The van der Waals surface area contributed by atoms with Gasteiger partial charge in [-0.3, -0.25) is 4.79 Å². The highest BCUT2D eigenvalue weighted by Crippen LogP contribution is 2.27. The number of benzene rings is 1. The zero-order valence-corrected chi connectivity index (χ0v) is 12.2. The topological polar surface area (TPSA) is 41.1 Å². The van der Waals surface area contributed by atoms with E-state index < -0.39 is 0 Å². The van der Waals surface area contributed by atoms with Crippen molar-refractivity contribution in [3.05, 3.63) is 34.3 Å². The summed E-state index contributed by atoms with van der Waals surface area (Å²) < 4.78 is 1.03. The van der Waals surface area contributed by atoms with Crippen molar-refractivity contribution in [1.82, 2.24) is 10.6 Å². The minimum Gasteiger partial charge on any atom is -0.348 e. The van der Waals surface area contributed by atoms with Gasteiger partial charge in [-0.1, -0.05) is 34.1 Å². The summed E-state index contributed by atoms with van der Waals surface area (Å²) in [6.45, 7) is 3.38. The van der Waals surface area contributed by atoms with Gasteiger partial charge in [-0.05, 0) is 43.9 Å². The summed E-state index contributed by atoms with van der Waals surface area (Å²) in [5, 5.41) is 6.19. The standard InChI is InChI=1S/C14H19BrN2O/c1-10(12-4-2-3-5-13(12)15)17-14(18)9-16-8-11-6-7-11/h2-5,10-11,16H,6-9H2,1H3,(H,17,18)/t10-/m0/s1. The van der Waals surface area contributed by atoms with Gasteiger partial charge in [0, 0.05) is 4.47 Å². The largest absolute Gasteiger partial charge is 0.348 e. The molecule has 0 aromatic heterocycles. The summed E-state index contributed by atoms with van der Waals surface area (Å²) in [4.78, 5) is 11.8. The van der Waals surface area contributed by atoms with Crippen LogP contribution in [0, 0.1) is 5.92 Å². The Morgan fingerprint density at radius 2 is 2.17 bits per heavy atom. The molecular weight excluding hydrogens is 292 g/mol. The van der Waals surface area contributed by atoms with Crippen molar-refractivity contribution in [2.75, 3.05) is 13.1 Å². The third kappa shape index (κ3) is 4.10. The van der Waals surface area contributed by atoms with Gasteiger partial charge in [0.25, 0.3) is 0 Å². The van der Waals surface area contributed by atoms with E-state index in [1.165, 1.54) is 12.8 Å². The number of amides is 1. The molecule has 1 aromatic carbocycles. The van der Waals surface area contributed by atoms with E-state index >= 15 is 0 Å². The molecule has 1 atom stereocenters. The summed E-state index contributed by atoms with van der Waals surface area (Å²) in [6, 6.07) is 7.99. The Bertz CT molecular complexity index is 418. The Labute approximate surface area is 116 Å². The van der Waals surface area contributed by atoms with E-state index in [2.05, 4.69) is 26.6 Å².